The summed E-state index contributed by atoms with van der Waals surface area (Å²) < 4.78 is 31.7. The van der Waals surface area contributed by atoms with Gasteiger partial charge in [0, 0.05) is 6.07 Å². The number of nitrogens with two attached hydrogens (primary N) is 1. The predicted octanol–water partition coefficient (Wildman–Crippen LogP) is 3.09. The molecule has 0 aliphatic rings. The molecular formula is C11H8ClF2N3O. The number of aromatic nitrogens is 1. The number of nitrogens with one attached hydrogen (secondary N) is 1. The average molecular weight is 272 g/mol. The van der Waals surface area contributed by atoms with Crippen molar-refractivity contribution < 1.29 is 13.5 Å². The Morgan fingerprint density at radius 1 is 1.22 bits per heavy atom. The fraction of sp³-hybridized carbons (Fsp3) is 0. The molecule has 0 radical (unpaired) electrons. The zero-order chi connectivity index (χ0) is 13.1. The summed E-state index contributed by atoms with van der Waals surface area (Å²) in [6.45, 7) is 0. The molecule has 0 atom stereocenters. The second kappa shape index (κ2) is 5.16. The van der Waals surface area contributed by atoms with E-state index in [-0.39, 0.29) is 16.6 Å². The van der Waals surface area contributed by atoms with Crippen molar-refractivity contribution in [2.45, 2.75) is 0 Å². The van der Waals surface area contributed by atoms with Gasteiger partial charge in [0.1, 0.15) is 5.75 Å². The van der Waals surface area contributed by atoms with Crippen LogP contribution in [0.1, 0.15) is 0 Å². The van der Waals surface area contributed by atoms with E-state index in [9.17, 15) is 8.78 Å². The lowest BCUT2D eigenvalue weighted by molar-refractivity contribution is 0.418. The van der Waals surface area contributed by atoms with E-state index in [0.717, 1.165) is 0 Å². The van der Waals surface area contributed by atoms with Gasteiger partial charge in [-0.2, -0.15) is 4.98 Å². The molecule has 94 valence electrons. The van der Waals surface area contributed by atoms with Crippen LogP contribution in [0.3, 0.4) is 0 Å². The third kappa shape index (κ3) is 2.49. The van der Waals surface area contributed by atoms with Crippen molar-refractivity contribution in [3.63, 3.8) is 0 Å². The molecule has 0 amide bonds. The maximum Gasteiger partial charge on any atom is 0.258 e. The van der Waals surface area contributed by atoms with E-state index in [0.29, 0.717) is 6.07 Å². The van der Waals surface area contributed by atoms with Crippen molar-refractivity contribution >= 4 is 17.4 Å². The number of halogens is 3. The van der Waals surface area contributed by atoms with Crippen LogP contribution in [0.5, 0.6) is 11.6 Å². The largest absolute Gasteiger partial charge is 0.435 e. The molecule has 0 spiro atoms. The number of ether oxygens (including phenoxy) is 1. The van der Waals surface area contributed by atoms with Crippen LogP contribution in [0.4, 0.5) is 14.6 Å². The van der Waals surface area contributed by atoms with Gasteiger partial charge in [-0.15, -0.1) is 0 Å². The Kier molecular flexibility index (Phi) is 3.59. The van der Waals surface area contributed by atoms with Crippen molar-refractivity contribution in [3.8, 4) is 11.6 Å². The molecule has 18 heavy (non-hydrogen) atoms. The molecule has 0 aliphatic heterocycles. The van der Waals surface area contributed by atoms with Gasteiger partial charge >= 0.3 is 0 Å². The lowest BCUT2D eigenvalue weighted by Crippen LogP contribution is -2.11. The monoisotopic (exact) mass is 271 g/mol. The minimum Gasteiger partial charge on any atom is -0.435 e. The van der Waals surface area contributed by atoms with E-state index >= 15 is 0 Å². The molecule has 3 N–H and O–H groups in total. The fourth-order valence-corrected chi connectivity index (χ4v) is 1.43. The lowest BCUT2D eigenvalue weighted by Gasteiger charge is -2.09. The van der Waals surface area contributed by atoms with Crippen LogP contribution in [-0.4, -0.2) is 4.98 Å². The summed E-state index contributed by atoms with van der Waals surface area (Å²) in [5.41, 5.74) is 2.00. The first-order chi connectivity index (χ1) is 8.61. The Morgan fingerprint density at radius 3 is 2.61 bits per heavy atom. The minimum atomic E-state index is -0.952. The SMILES string of the molecule is NNc1nc(Oc2ccccc2Cl)c(F)cc1F. The standard InChI is InChI=1S/C11H8ClF2N3O/c12-6-3-1-2-4-9(6)18-11-8(14)5-7(13)10(16-11)17-15/h1-5H,15H2,(H,16,17). The molecule has 4 nitrogen and oxygen atoms in total. The van der Waals surface area contributed by atoms with Crippen LogP contribution >= 0.6 is 11.6 Å². The van der Waals surface area contributed by atoms with E-state index in [1.54, 1.807) is 18.2 Å². The van der Waals surface area contributed by atoms with Crippen LogP contribution in [-0.2, 0) is 0 Å². The highest BCUT2D eigenvalue weighted by Gasteiger charge is 2.14. The van der Waals surface area contributed by atoms with Gasteiger partial charge in [0.15, 0.2) is 17.5 Å². The lowest BCUT2D eigenvalue weighted by atomic mass is 10.3. The third-order valence-electron chi connectivity index (χ3n) is 2.08. The number of hydrogen-bond donors (Lipinski definition) is 2. The number of benzene rings is 1. The van der Waals surface area contributed by atoms with Gasteiger partial charge in [0.2, 0.25) is 0 Å². The molecule has 1 heterocycles. The number of nitrogens with zero attached hydrogens (tertiary/aromatic N) is 1. The van der Waals surface area contributed by atoms with Gasteiger partial charge in [-0.3, -0.25) is 0 Å². The number of rotatable bonds is 3. The summed E-state index contributed by atoms with van der Waals surface area (Å²) >= 11 is 5.84. The Labute approximate surface area is 106 Å². The van der Waals surface area contributed by atoms with Gasteiger partial charge in [0.25, 0.3) is 5.88 Å². The van der Waals surface area contributed by atoms with Gasteiger partial charge in [-0.25, -0.2) is 14.6 Å². The number of pyridine rings is 1. The van der Waals surface area contributed by atoms with Gasteiger partial charge < -0.3 is 10.2 Å². The van der Waals surface area contributed by atoms with E-state index in [1.165, 1.54) is 6.07 Å². The summed E-state index contributed by atoms with van der Waals surface area (Å²) in [5.74, 6) is 2.64. The number of anilines is 1. The first-order valence-corrected chi connectivity index (χ1v) is 5.24. The van der Waals surface area contributed by atoms with Gasteiger partial charge in [-0.1, -0.05) is 23.7 Å². The van der Waals surface area contributed by atoms with Crippen molar-refractivity contribution in [1.29, 1.82) is 0 Å². The molecule has 1 aromatic heterocycles. The number of para-hydroxylation sites is 1. The Balaban J connectivity index is 2.38. The quantitative estimate of drug-likeness (QED) is 0.665. The molecule has 0 bridgehead atoms. The molecule has 2 rings (SSSR count). The normalized spacial score (nSPS) is 10.2. The Morgan fingerprint density at radius 2 is 1.94 bits per heavy atom. The van der Waals surface area contributed by atoms with Crippen molar-refractivity contribution in [3.05, 3.63) is 47.0 Å². The number of hydrogen-bond acceptors (Lipinski definition) is 4. The molecule has 0 unspecified atom stereocenters. The zero-order valence-electron chi connectivity index (χ0n) is 8.95. The van der Waals surface area contributed by atoms with E-state index in [2.05, 4.69) is 4.98 Å². The van der Waals surface area contributed by atoms with Gasteiger partial charge in [-0.05, 0) is 12.1 Å². The molecule has 0 saturated heterocycles. The maximum atomic E-state index is 13.4. The maximum absolute atomic E-state index is 13.4. The predicted molar refractivity (Wildman–Crippen MR) is 63.5 cm³/mol. The topological polar surface area (TPSA) is 60.2 Å². The molecule has 0 fully saturated rings. The zero-order valence-corrected chi connectivity index (χ0v) is 9.71. The first kappa shape index (κ1) is 12.5. The highest BCUT2D eigenvalue weighted by atomic mass is 35.5. The van der Waals surface area contributed by atoms with Crippen LogP contribution in [0.25, 0.3) is 0 Å². The number of hydrazine groups is 1. The molecule has 1 aromatic carbocycles. The minimum absolute atomic E-state index is 0.208. The summed E-state index contributed by atoms with van der Waals surface area (Å²) in [5, 5.41) is 0.283. The van der Waals surface area contributed by atoms with Crippen LogP contribution in [0, 0.1) is 11.6 Å². The smallest absolute Gasteiger partial charge is 0.258 e. The second-order valence-corrected chi connectivity index (χ2v) is 3.69. The third-order valence-corrected chi connectivity index (χ3v) is 2.39. The summed E-state index contributed by atoms with van der Waals surface area (Å²) in [7, 11) is 0. The van der Waals surface area contributed by atoms with Crippen LogP contribution in [0.15, 0.2) is 30.3 Å². The average Bonchev–Trinajstić information content (AvgIpc) is 2.35. The van der Waals surface area contributed by atoms with Crippen molar-refractivity contribution in [2.75, 3.05) is 5.43 Å². The fourth-order valence-electron chi connectivity index (χ4n) is 1.25. The molecular weight excluding hydrogens is 264 g/mol. The molecule has 0 aliphatic carbocycles. The van der Waals surface area contributed by atoms with Crippen molar-refractivity contribution in [1.82, 2.24) is 4.98 Å². The number of nitrogen functional groups attached to an aromatic ring is 1. The summed E-state index contributed by atoms with van der Waals surface area (Å²) in [6.07, 6.45) is 0. The van der Waals surface area contributed by atoms with Crippen LogP contribution < -0.4 is 16.0 Å². The Bertz CT molecular complexity index is 580. The van der Waals surface area contributed by atoms with E-state index < -0.39 is 17.5 Å². The summed E-state index contributed by atoms with van der Waals surface area (Å²) in [4.78, 5) is 3.56. The van der Waals surface area contributed by atoms with E-state index in [4.69, 9.17) is 22.2 Å². The van der Waals surface area contributed by atoms with E-state index in [1.807, 2.05) is 5.43 Å². The molecule has 0 saturated carbocycles. The molecule has 2 aromatic rings. The van der Waals surface area contributed by atoms with Crippen molar-refractivity contribution in [2.24, 2.45) is 5.84 Å². The van der Waals surface area contributed by atoms with Gasteiger partial charge in [0.05, 0.1) is 5.02 Å². The highest BCUT2D eigenvalue weighted by molar-refractivity contribution is 6.32. The summed E-state index contributed by atoms with van der Waals surface area (Å²) in [6, 6.07) is 7.07. The Hall–Kier alpha value is -1.92. The first-order valence-electron chi connectivity index (χ1n) is 4.87. The second-order valence-electron chi connectivity index (χ2n) is 3.28. The highest BCUT2D eigenvalue weighted by Crippen LogP contribution is 2.30. The van der Waals surface area contributed by atoms with Crippen LogP contribution in [0.2, 0.25) is 5.02 Å². The molecule has 7 heteroatoms.